The van der Waals surface area contributed by atoms with Crippen LogP contribution in [0.4, 0.5) is 0 Å². The highest BCUT2D eigenvalue weighted by molar-refractivity contribution is 6.09. The van der Waals surface area contributed by atoms with Gasteiger partial charge in [-0.05, 0) is 0 Å². The highest BCUT2D eigenvalue weighted by Crippen LogP contribution is 2.26. The summed E-state index contributed by atoms with van der Waals surface area (Å²) in [4.78, 5) is 23.6. The average molecular weight is 338 g/mol. The Hall–Kier alpha value is -1.18. The molecule has 6 N–H and O–H groups in total. The zero-order chi connectivity index (χ0) is 17.3. The molecule has 2 rings (SSSR count). The van der Waals surface area contributed by atoms with Crippen molar-refractivity contribution < 1.29 is 54.4 Å². The van der Waals surface area contributed by atoms with Crippen LogP contribution in [-0.4, -0.2) is 105 Å². The first-order valence-electron chi connectivity index (χ1n) is 6.81. The Morgan fingerprint density at radius 1 is 1.09 bits per heavy atom. The van der Waals surface area contributed by atoms with Gasteiger partial charge in [-0.15, -0.1) is 0 Å². The SMILES string of the molecule is O=C1O[C@H]([C@@H](O)CO)C(=O)C1O[C@H]1O[C@H](CO)[C@@H](O)[C@H](O)[C@H]1O. The van der Waals surface area contributed by atoms with Crippen LogP contribution in [0.2, 0.25) is 0 Å². The van der Waals surface area contributed by atoms with Crippen molar-refractivity contribution in [1.29, 1.82) is 0 Å². The third-order valence-electron chi connectivity index (χ3n) is 3.65. The number of esters is 1. The standard InChI is InChI=1S/C12H18O11/c13-1-3(15)9-8(19)10(11(20)22-9)23-12-7(18)6(17)5(16)4(2-14)21-12/h3-7,9-10,12-18H,1-2H2/t3-,4+,5+,6-,7+,9+,10?,12+/m0/s1. The van der Waals surface area contributed by atoms with E-state index in [9.17, 15) is 30.0 Å². The highest BCUT2D eigenvalue weighted by atomic mass is 16.7. The number of aliphatic hydroxyl groups is 6. The molecular formula is C12H18O11. The molecule has 1 unspecified atom stereocenters. The van der Waals surface area contributed by atoms with Crippen LogP contribution in [0, 0.1) is 0 Å². The molecule has 0 aromatic carbocycles. The van der Waals surface area contributed by atoms with E-state index in [2.05, 4.69) is 4.74 Å². The van der Waals surface area contributed by atoms with Crippen molar-refractivity contribution in [2.24, 2.45) is 0 Å². The van der Waals surface area contributed by atoms with E-state index in [1.54, 1.807) is 0 Å². The molecule has 0 aromatic heterocycles. The van der Waals surface area contributed by atoms with Gasteiger partial charge in [0.1, 0.15) is 30.5 Å². The van der Waals surface area contributed by atoms with Crippen molar-refractivity contribution >= 4 is 11.8 Å². The summed E-state index contributed by atoms with van der Waals surface area (Å²) in [5, 5.41) is 56.2. The Morgan fingerprint density at radius 2 is 1.74 bits per heavy atom. The molecule has 23 heavy (non-hydrogen) atoms. The molecule has 2 fully saturated rings. The molecule has 132 valence electrons. The van der Waals surface area contributed by atoms with E-state index in [0.29, 0.717) is 0 Å². The maximum atomic E-state index is 12.0. The first-order chi connectivity index (χ1) is 10.8. The molecule has 11 heteroatoms. The Morgan fingerprint density at radius 3 is 2.30 bits per heavy atom. The average Bonchev–Trinajstić information content (AvgIpc) is 2.82. The predicted molar refractivity (Wildman–Crippen MR) is 66.6 cm³/mol. The van der Waals surface area contributed by atoms with E-state index in [4.69, 9.17) is 19.7 Å². The summed E-state index contributed by atoms with van der Waals surface area (Å²) in [6.07, 6.45) is -13.2. The van der Waals surface area contributed by atoms with Gasteiger partial charge in [0.2, 0.25) is 11.9 Å². The van der Waals surface area contributed by atoms with E-state index >= 15 is 0 Å². The van der Waals surface area contributed by atoms with Crippen LogP contribution in [0.25, 0.3) is 0 Å². The quantitative estimate of drug-likeness (QED) is 0.208. The molecule has 2 aliphatic rings. The summed E-state index contributed by atoms with van der Waals surface area (Å²) < 4.78 is 14.6. The van der Waals surface area contributed by atoms with Crippen LogP contribution < -0.4 is 0 Å². The zero-order valence-corrected chi connectivity index (χ0v) is 11.8. The molecule has 11 nitrogen and oxygen atoms in total. The van der Waals surface area contributed by atoms with E-state index in [0.717, 1.165) is 0 Å². The number of cyclic esters (lactones) is 1. The van der Waals surface area contributed by atoms with Crippen molar-refractivity contribution in [1.82, 2.24) is 0 Å². The Balaban J connectivity index is 2.08. The number of hydrogen-bond donors (Lipinski definition) is 6. The van der Waals surface area contributed by atoms with Gasteiger partial charge in [0.05, 0.1) is 13.2 Å². The summed E-state index contributed by atoms with van der Waals surface area (Å²) >= 11 is 0. The van der Waals surface area contributed by atoms with Crippen molar-refractivity contribution in [3.8, 4) is 0 Å². The summed E-state index contributed by atoms with van der Waals surface area (Å²) in [5.41, 5.74) is 0. The Kier molecular flexibility index (Phi) is 5.65. The van der Waals surface area contributed by atoms with E-state index in [1.807, 2.05) is 0 Å². The van der Waals surface area contributed by atoms with Crippen LogP contribution in [0.5, 0.6) is 0 Å². The lowest BCUT2D eigenvalue weighted by Crippen LogP contribution is -2.60. The monoisotopic (exact) mass is 338 g/mol. The van der Waals surface area contributed by atoms with Gasteiger partial charge in [0.15, 0.2) is 12.4 Å². The topological polar surface area (TPSA) is 183 Å². The fraction of sp³-hybridized carbons (Fsp3) is 0.833. The summed E-state index contributed by atoms with van der Waals surface area (Å²) in [6, 6.07) is 0. The van der Waals surface area contributed by atoms with Crippen LogP contribution in [0.15, 0.2) is 0 Å². The molecule has 2 heterocycles. The van der Waals surface area contributed by atoms with Crippen LogP contribution in [0.3, 0.4) is 0 Å². The summed E-state index contributed by atoms with van der Waals surface area (Å²) in [6.45, 7) is -1.53. The number of ketones is 1. The molecule has 8 atom stereocenters. The van der Waals surface area contributed by atoms with E-state index in [1.165, 1.54) is 0 Å². The van der Waals surface area contributed by atoms with Gasteiger partial charge in [0, 0.05) is 0 Å². The van der Waals surface area contributed by atoms with Gasteiger partial charge in [-0.25, -0.2) is 4.79 Å². The minimum absolute atomic E-state index is 0.709. The third-order valence-corrected chi connectivity index (χ3v) is 3.65. The first-order valence-corrected chi connectivity index (χ1v) is 6.81. The number of carbonyl (C=O) groups excluding carboxylic acids is 2. The lowest BCUT2D eigenvalue weighted by atomic mass is 9.99. The molecule has 2 aliphatic heterocycles. The minimum atomic E-state index is -1.84. The number of rotatable bonds is 5. The number of ether oxygens (including phenoxy) is 3. The number of Topliss-reactive ketones (excluding diaryl/α,β-unsaturated/α-hetero) is 1. The van der Waals surface area contributed by atoms with Crippen molar-refractivity contribution in [2.75, 3.05) is 13.2 Å². The number of hydrogen-bond acceptors (Lipinski definition) is 11. The van der Waals surface area contributed by atoms with Gasteiger partial charge >= 0.3 is 5.97 Å². The van der Waals surface area contributed by atoms with Gasteiger partial charge in [-0.2, -0.15) is 0 Å². The normalized spacial score (nSPS) is 42.6. The lowest BCUT2D eigenvalue weighted by molar-refractivity contribution is -0.305. The molecule has 2 saturated heterocycles. The van der Waals surface area contributed by atoms with Crippen LogP contribution in [-0.2, 0) is 23.8 Å². The highest BCUT2D eigenvalue weighted by Gasteiger charge is 2.52. The predicted octanol–water partition coefficient (Wildman–Crippen LogP) is -4.98. The summed E-state index contributed by atoms with van der Waals surface area (Å²) in [5.74, 6) is -2.15. The fourth-order valence-electron chi connectivity index (χ4n) is 2.31. The Bertz CT molecular complexity index is 452. The molecule has 0 spiro atoms. The molecule has 0 aromatic rings. The van der Waals surface area contributed by atoms with Gasteiger partial charge in [0.25, 0.3) is 0 Å². The molecule has 0 aliphatic carbocycles. The van der Waals surface area contributed by atoms with Crippen LogP contribution >= 0.6 is 0 Å². The smallest absolute Gasteiger partial charge is 0.344 e. The lowest BCUT2D eigenvalue weighted by Gasteiger charge is -2.39. The molecular weight excluding hydrogens is 320 g/mol. The largest absolute Gasteiger partial charge is 0.449 e. The van der Waals surface area contributed by atoms with Crippen molar-refractivity contribution in [3.05, 3.63) is 0 Å². The summed E-state index contributed by atoms with van der Waals surface area (Å²) in [7, 11) is 0. The second-order valence-electron chi connectivity index (χ2n) is 5.22. The maximum Gasteiger partial charge on any atom is 0.344 e. The van der Waals surface area contributed by atoms with E-state index in [-0.39, 0.29) is 0 Å². The van der Waals surface area contributed by atoms with Gasteiger partial charge < -0.3 is 44.8 Å². The number of aliphatic hydroxyl groups excluding tert-OH is 6. The fourth-order valence-corrected chi connectivity index (χ4v) is 2.31. The van der Waals surface area contributed by atoms with Crippen molar-refractivity contribution in [3.63, 3.8) is 0 Å². The second-order valence-corrected chi connectivity index (χ2v) is 5.22. The van der Waals surface area contributed by atoms with Crippen molar-refractivity contribution in [2.45, 2.75) is 49.0 Å². The number of carbonyl (C=O) groups is 2. The Labute approximate surface area is 129 Å². The third kappa shape index (κ3) is 3.36. The molecule has 0 amide bonds. The zero-order valence-electron chi connectivity index (χ0n) is 11.8. The first kappa shape index (κ1) is 18.2. The maximum absolute atomic E-state index is 12.0. The van der Waals surface area contributed by atoms with E-state index < -0.39 is 74.0 Å². The molecule has 0 bridgehead atoms. The van der Waals surface area contributed by atoms with Crippen LogP contribution in [0.1, 0.15) is 0 Å². The molecule has 0 radical (unpaired) electrons. The van der Waals surface area contributed by atoms with Gasteiger partial charge in [-0.3, -0.25) is 4.79 Å². The molecule has 0 saturated carbocycles. The van der Waals surface area contributed by atoms with Gasteiger partial charge in [-0.1, -0.05) is 0 Å². The second kappa shape index (κ2) is 7.15. The minimum Gasteiger partial charge on any atom is -0.449 e.